The van der Waals surface area contributed by atoms with E-state index in [2.05, 4.69) is 116 Å². The van der Waals surface area contributed by atoms with Gasteiger partial charge in [-0.3, -0.25) is 0 Å². The molecule has 0 saturated heterocycles. The molecule has 1 unspecified atom stereocenters. The van der Waals surface area contributed by atoms with Crippen LogP contribution in [0.4, 0.5) is 0 Å². The van der Waals surface area contributed by atoms with Crippen LogP contribution in [0.5, 0.6) is 0 Å². The Hall–Kier alpha value is -3.12. The van der Waals surface area contributed by atoms with Gasteiger partial charge in [0.1, 0.15) is 0 Å². The van der Waals surface area contributed by atoms with Gasteiger partial charge in [0, 0.05) is 0 Å². The van der Waals surface area contributed by atoms with E-state index in [0.717, 1.165) is 6.42 Å². The zero-order valence-electron chi connectivity index (χ0n) is 15.7. The molecule has 0 fully saturated rings. The highest BCUT2D eigenvalue weighted by molar-refractivity contribution is 5.86. The van der Waals surface area contributed by atoms with E-state index >= 15 is 0 Å². The average molecular weight is 348 g/mol. The van der Waals surface area contributed by atoms with E-state index in [-0.39, 0.29) is 0 Å². The van der Waals surface area contributed by atoms with E-state index in [1.165, 1.54) is 33.4 Å². The van der Waals surface area contributed by atoms with Crippen LogP contribution in [0, 0.1) is 0 Å². The van der Waals surface area contributed by atoms with Gasteiger partial charge in [-0.15, -0.1) is 0 Å². The van der Waals surface area contributed by atoms with E-state index in [0.29, 0.717) is 5.92 Å². The molecule has 0 radical (unpaired) electrons. The third-order valence-electron chi connectivity index (χ3n) is 5.16. The zero-order chi connectivity index (χ0) is 18.5. The Bertz CT molecular complexity index is 986. The highest BCUT2D eigenvalue weighted by Gasteiger charge is 2.17. The van der Waals surface area contributed by atoms with Crippen LogP contribution in [0.2, 0.25) is 0 Å². The molecule has 0 heteroatoms. The van der Waals surface area contributed by atoms with Crippen LogP contribution >= 0.6 is 0 Å². The SMILES string of the molecule is CC(Cc1ccccc1)c1cccc(-c2ccccc2)c1-c1ccccc1. The molecule has 0 aromatic heterocycles. The second kappa shape index (κ2) is 8.05. The maximum atomic E-state index is 2.34. The Labute approximate surface area is 162 Å². The van der Waals surface area contributed by atoms with Crippen molar-refractivity contribution >= 4 is 0 Å². The monoisotopic (exact) mass is 348 g/mol. The molecule has 4 aromatic carbocycles. The van der Waals surface area contributed by atoms with Crippen LogP contribution < -0.4 is 0 Å². The van der Waals surface area contributed by atoms with Crippen LogP contribution in [-0.2, 0) is 6.42 Å². The van der Waals surface area contributed by atoms with E-state index in [1.54, 1.807) is 0 Å². The first-order chi connectivity index (χ1) is 13.3. The second-order valence-corrected chi connectivity index (χ2v) is 7.09. The van der Waals surface area contributed by atoms with Crippen molar-refractivity contribution in [1.82, 2.24) is 0 Å². The molecule has 0 N–H and O–H groups in total. The third kappa shape index (κ3) is 3.85. The fraction of sp³-hybridized carbons (Fsp3) is 0.111. The smallest absolute Gasteiger partial charge is 0.00705 e. The van der Waals surface area contributed by atoms with Crippen molar-refractivity contribution in [3.8, 4) is 22.3 Å². The molecule has 0 aliphatic rings. The Morgan fingerprint density at radius 1 is 0.556 bits per heavy atom. The molecule has 0 aliphatic heterocycles. The molecule has 0 saturated carbocycles. The van der Waals surface area contributed by atoms with Gasteiger partial charge in [-0.25, -0.2) is 0 Å². The minimum atomic E-state index is 0.436. The van der Waals surface area contributed by atoms with Crippen molar-refractivity contribution in [2.75, 3.05) is 0 Å². The molecule has 0 bridgehead atoms. The lowest BCUT2D eigenvalue weighted by molar-refractivity contribution is 0.761. The van der Waals surface area contributed by atoms with Crippen molar-refractivity contribution in [3.05, 3.63) is 120 Å². The van der Waals surface area contributed by atoms with Gasteiger partial charge in [0.25, 0.3) is 0 Å². The van der Waals surface area contributed by atoms with Crippen molar-refractivity contribution < 1.29 is 0 Å². The summed E-state index contributed by atoms with van der Waals surface area (Å²) in [7, 11) is 0. The van der Waals surface area contributed by atoms with Gasteiger partial charge in [-0.2, -0.15) is 0 Å². The first-order valence-corrected chi connectivity index (χ1v) is 9.60. The summed E-state index contributed by atoms with van der Waals surface area (Å²) in [6.07, 6.45) is 1.04. The van der Waals surface area contributed by atoms with Crippen LogP contribution in [-0.4, -0.2) is 0 Å². The lowest BCUT2D eigenvalue weighted by Crippen LogP contribution is -2.02. The van der Waals surface area contributed by atoms with E-state index in [9.17, 15) is 0 Å². The normalized spacial score (nSPS) is 11.9. The maximum Gasteiger partial charge on any atom is -0.00705 e. The first-order valence-electron chi connectivity index (χ1n) is 9.60. The summed E-state index contributed by atoms with van der Waals surface area (Å²) in [5.74, 6) is 0.436. The number of benzene rings is 4. The zero-order valence-corrected chi connectivity index (χ0v) is 15.7. The van der Waals surface area contributed by atoms with E-state index in [4.69, 9.17) is 0 Å². The molecule has 0 heterocycles. The van der Waals surface area contributed by atoms with Gasteiger partial charge in [-0.1, -0.05) is 116 Å². The lowest BCUT2D eigenvalue weighted by Gasteiger charge is -2.21. The standard InChI is InChI=1S/C27H24/c1-21(20-22-12-5-2-6-13-22)25-18-11-19-26(23-14-7-3-8-15-23)27(25)24-16-9-4-10-17-24/h2-19,21H,20H2,1H3. The lowest BCUT2D eigenvalue weighted by atomic mass is 9.83. The van der Waals surface area contributed by atoms with Crippen molar-refractivity contribution in [3.63, 3.8) is 0 Å². The maximum absolute atomic E-state index is 2.34. The summed E-state index contributed by atoms with van der Waals surface area (Å²) in [4.78, 5) is 0. The summed E-state index contributed by atoms with van der Waals surface area (Å²) in [5.41, 5.74) is 8.00. The molecule has 0 amide bonds. The van der Waals surface area contributed by atoms with Crippen molar-refractivity contribution in [1.29, 1.82) is 0 Å². The second-order valence-electron chi connectivity index (χ2n) is 7.09. The Kier molecular flexibility index (Phi) is 5.16. The Morgan fingerprint density at radius 3 is 1.74 bits per heavy atom. The van der Waals surface area contributed by atoms with E-state index in [1.807, 2.05) is 0 Å². The number of hydrogen-bond acceptors (Lipinski definition) is 0. The third-order valence-corrected chi connectivity index (χ3v) is 5.16. The summed E-state index contributed by atoms with van der Waals surface area (Å²) in [5, 5.41) is 0. The molecule has 1 atom stereocenters. The fourth-order valence-electron chi connectivity index (χ4n) is 3.84. The summed E-state index contributed by atoms with van der Waals surface area (Å²) in [6, 6.07) is 39.0. The predicted octanol–water partition coefficient (Wildman–Crippen LogP) is 7.37. The van der Waals surface area contributed by atoms with Crippen LogP contribution in [0.1, 0.15) is 24.0 Å². The van der Waals surface area contributed by atoms with Crippen LogP contribution in [0.3, 0.4) is 0 Å². The summed E-state index contributed by atoms with van der Waals surface area (Å²) < 4.78 is 0. The number of hydrogen-bond donors (Lipinski definition) is 0. The largest absolute Gasteiger partial charge is 0.0622 e. The summed E-state index contributed by atoms with van der Waals surface area (Å²) in [6.45, 7) is 2.34. The van der Waals surface area contributed by atoms with Gasteiger partial charge in [0.2, 0.25) is 0 Å². The molecular formula is C27H24. The first kappa shape index (κ1) is 17.3. The molecule has 4 aromatic rings. The molecular weight excluding hydrogens is 324 g/mol. The van der Waals surface area contributed by atoms with Crippen LogP contribution in [0.25, 0.3) is 22.3 Å². The summed E-state index contributed by atoms with van der Waals surface area (Å²) >= 11 is 0. The van der Waals surface area contributed by atoms with Crippen molar-refractivity contribution in [2.45, 2.75) is 19.3 Å². The molecule has 0 aliphatic carbocycles. The van der Waals surface area contributed by atoms with E-state index < -0.39 is 0 Å². The highest BCUT2D eigenvalue weighted by atomic mass is 14.2. The van der Waals surface area contributed by atoms with Gasteiger partial charge >= 0.3 is 0 Å². The minimum Gasteiger partial charge on any atom is -0.0622 e. The van der Waals surface area contributed by atoms with Crippen molar-refractivity contribution in [2.24, 2.45) is 0 Å². The topological polar surface area (TPSA) is 0 Å². The minimum absolute atomic E-state index is 0.436. The van der Waals surface area contributed by atoms with Gasteiger partial charge in [0.15, 0.2) is 0 Å². The highest BCUT2D eigenvalue weighted by Crippen LogP contribution is 2.38. The number of rotatable bonds is 5. The molecule has 0 nitrogen and oxygen atoms in total. The molecule has 132 valence electrons. The Balaban J connectivity index is 1.84. The molecule has 0 spiro atoms. The van der Waals surface area contributed by atoms with Gasteiger partial charge < -0.3 is 0 Å². The quantitative estimate of drug-likeness (QED) is 0.353. The fourth-order valence-corrected chi connectivity index (χ4v) is 3.84. The predicted molar refractivity (Wildman–Crippen MR) is 116 cm³/mol. The van der Waals surface area contributed by atoms with Gasteiger partial charge in [-0.05, 0) is 45.7 Å². The van der Waals surface area contributed by atoms with Gasteiger partial charge in [0.05, 0.1) is 0 Å². The Morgan fingerprint density at radius 2 is 1.11 bits per heavy atom. The molecule has 4 rings (SSSR count). The molecule has 27 heavy (non-hydrogen) atoms. The van der Waals surface area contributed by atoms with Crippen LogP contribution in [0.15, 0.2) is 109 Å². The average Bonchev–Trinajstić information content (AvgIpc) is 2.75.